The van der Waals surface area contributed by atoms with Crippen LogP contribution in [0.15, 0.2) is 0 Å². The second kappa shape index (κ2) is 6.23. The number of hydrogen-bond donors (Lipinski definition) is 3. The van der Waals surface area contributed by atoms with Crippen LogP contribution >= 0.6 is 0 Å². The quantitative estimate of drug-likeness (QED) is 0.648. The van der Waals surface area contributed by atoms with E-state index in [0.29, 0.717) is 0 Å². The van der Waals surface area contributed by atoms with Gasteiger partial charge in [0.2, 0.25) is 0 Å². The number of urea groups is 1. The Balaban J connectivity index is 4.54. The van der Waals surface area contributed by atoms with Crippen LogP contribution in [0.4, 0.5) is 4.79 Å². The molecule has 0 aliphatic rings. The van der Waals surface area contributed by atoms with Crippen molar-refractivity contribution in [3.05, 3.63) is 0 Å². The molecule has 1 atom stereocenters. The molecule has 2 amide bonds. The van der Waals surface area contributed by atoms with Crippen LogP contribution in [0.3, 0.4) is 0 Å². The predicted octanol–water partition coefficient (Wildman–Crippen LogP) is 0.218. The van der Waals surface area contributed by atoms with Crippen molar-refractivity contribution in [2.45, 2.75) is 38.5 Å². The van der Waals surface area contributed by atoms with Gasteiger partial charge in [0.15, 0.2) is 9.84 Å². The molecule has 0 radical (unpaired) electrons. The fraction of sp³-hybridized carbons (Fsp3) is 0.818. The Morgan fingerprint density at radius 1 is 1.26 bits per heavy atom. The minimum atomic E-state index is -3.32. The number of sulfone groups is 1. The summed E-state index contributed by atoms with van der Waals surface area (Å²) >= 11 is 0. The molecule has 3 N–H and O–H groups in total. The van der Waals surface area contributed by atoms with Crippen molar-refractivity contribution in [3.8, 4) is 0 Å². The Kier molecular flexibility index (Phi) is 5.80. The van der Waals surface area contributed by atoms with Crippen LogP contribution in [0.25, 0.3) is 0 Å². The predicted molar refractivity (Wildman–Crippen MR) is 71.7 cm³/mol. The lowest BCUT2D eigenvalue weighted by Gasteiger charge is -2.24. The number of amides is 2. The first-order chi connectivity index (χ1) is 8.38. The van der Waals surface area contributed by atoms with Crippen LogP contribution in [0.5, 0.6) is 0 Å². The lowest BCUT2D eigenvalue weighted by Crippen LogP contribution is -2.52. The lowest BCUT2D eigenvalue weighted by molar-refractivity contribution is -0.140. The molecule has 7 nitrogen and oxygen atoms in total. The van der Waals surface area contributed by atoms with E-state index in [2.05, 4.69) is 10.6 Å². The first-order valence-corrected chi connectivity index (χ1v) is 7.74. The highest BCUT2D eigenvalue weighted by Gasteiger charge is 2.31. The molecule has 19 heavy (non-hydrogen) atoms. The zero-order chi connectivity index (χ0) is 15.4. The number of carbonyl (C=O) groups is 2. The van der Waals surface area contributed by atoms with E-state index in [1.165, 1.54) is 13.8 Å². The zero-order valence-corrected chi connectivity index (χ0v) is 12.7. The fourth-order valence-electron chi connectivity index (χ4n) is 1.13. The van der Waals surface area contributed by atoms with E-state index in [1.54, 1.807) is 13.8 Å². The summed E-state index contributed by atoms with van der Waals surface area (Å²) < 4.78 is 21.8. The number of aliphatic carboxylic acids is 1. The van der Waals surface area contributed by atoms with Gasteiger partial charge >= 0.3 is 12.0 Å². The maximum Gasteiger partial charge on any atom is 0.326 e. The maximum absolute atomic E-state index is 11.6. The van der Waals surface area contributed by atoms with Crippen LogP contribution in [0.1, 0.15) is 27.7 Å². The summed E-state index contributed by atoms with van der Waals surface area (Å²) in [6.07, 6.45) is 1.08. The molecule has 0 unspecified atom stereocenters. The van der Waals surface area contributed by atoms with Gasteiger partial charge in [0, 0.05) is 12.8 Å². The largest absolute Gasteiger partial charge is 0.480 e. The molecular weight excluding hydrogens is 272 g/mol. The smallest absolute Gasteiger partial charge is 0.326 e. The van der Waals surface area contributed by atoms with Crippen LogP contribution < -0.4 is 10.6 Å². The van der Waals surface area contributed by atoms with Crippen molar-refractivity contribution >= 4 is 21.8 Å². The number of rotatable bonds is 6. The van der Waals surface area contributed by atoms with Gasteiger partial charge in [0.25, 0.3) is 0 Å². The Morgan fingerprint density at radius 2 is 1.74 bits per heavy atom. The molecule has 0 spiro atoms. The lowest BCUT2D eigenvalue weighted by atomic mass is 10.1. The van der Waals surface area contributed by atoms with E-state index < -0.39 is 32.6 Å². The highest BCUT2D eigenvalue weighted by Crippen LogP contribution is 2.13. The molecular formula is C11H22N2O5S. The van der Waals surface area contributed by atoms with E-state index in [0.717, 1.165) is 6.26 Å². The molecule has 0 saturated heterocycles. The Labute approximate surface area is 113 Å². The van der Waals surface area contributed by atoms with Crippen LogP contribution in [0.2, 0.25) is 0 Å². The third-order valence-electron chi connectivity index (χ3n) is 2.90. The first kappa shape index (κ1) is 17.7. The van der Waals surface area contributed by atoms with Gasteiger partial charge in [-0.3, -0.25) is 0 Å². The standard InChI is InChI=1S/C11H22N2O5S/c1-7(2)8(9(14)15)13-10(16)12-6-11(3,4)19(5,17)18/h7-8H,6H2,1-5H3,(H,14,15)(H2,12,13,16)/t8-/m0/s1. The summed E-state index contributed by atoms with van der Waals surface area (Å²) in [4.78, 5) is 22.5. The maximum atomic E-state index is 11.6. The molecule has 112 valence electrons. The Bertz CT molecular complexity index is 442. The monoisotopic (exact) mass is 294 g/mol. The van der Waals surface area contributed by atoms with Gasteiger partial charge in [0.05, 0.1) is 4.75 Å². The Morgan fingerprint density at radius 3 is 2.05 bits per heavy atom. The van der Waals surface area contributed by atoms with Crippen LogP contribution in [0, 0.1) is 5.92 Å². The molecule has 0 saturated carbocycles. The number of carboxylic acid groups (broad SMARTS) is 1. The SMILES string of the molecule is CC(C)[C@H](NC(=O)NCC(C)(C)S(C)(=O)=O)C(=O)O. The summed E-state index contributed by atoms with van der Waals surface area (Å²) in [5, 5.41) is 13.6. The van der Waals surface area contributed by atoms with Crippen LogP contribution in [-0.4, -0.2) is 49.1 Å². The summed E-state index contributed by atoms with van der Waals surface area (Å²) in [5.41, 5.74) is 0. The van der Waals surface area contributed by atoms with E-state index in [9.17, 15) is 18.0 Å². The van der Waals surface area contributed by atoms with Gasteiger partial charge in [-0.2, -0.15) is 0 Å². The van der Waals surface area contributed by atoms with Crippen LogP contribution in [-0.2, 0) is 14.6 Å². The van der Waals surface area contributed by atoms with Gasteiger partial charge < -0.3 is 15.7 Å². The highest BCUT2D eigenvalue weighted by atomic mass is 32.2. The van der Waals surface area contributed by atoms with E-state index in [4.69, 9.17) is 5.11 Å². The molecule has 0 aliphatic heterocycles. The van der Waals surface area contributed by atoms with Crippen molar-refractivity contribution in [1.82, 2.24) is 10.6 Å². The average Bonchev–Trinajstić information content (AvgIpc) is 2.20. The molecule has 0 aromatic rings. The summed E-state index contributed by atoms with van der Waals surface area (Å²) in [6.45, 7) is 6.21. The summed E-state index contributed by atoms with van der Waals surface area (Å²) in [5.74, 6) is -1.40. The molecule has 0 aromatic carbocycles. The highest BCUT2D eigenvalue weighted by molar-refractivity contribution is 7.92. The van der Waals surface area contributed by atoms with Gasteiger partial charge in [0.1, 0.15) is 6.04 Å². The topological polar surface area (TPSA) is 113 Å². The van der Waals surface area contributed by atoms with Gasteiger partial charge in [-0.05, 0) is 19.8 Å². The number of carboxylic acids is 1. The molecule has 0 aromatic heterocycles. The molecule has 0 heterocycles. The van der Waals surface area contributed by atoms with Gasteiger partial charge in [-0.15, -0.1) is 0 Å². The van der Waals surface area contributed by atoms with Gasteiger partial charge in [-0.1, -0.05) is 13.8 Å². The van der Waals surface area contributed by atoms with E-state index in [1.807, 2.05) is 0 Å². The number of nitrogens with one attached hydrogen (secondary N) is 2. The van der Waals surface area contributed by atoms with Crippen molar-refractivity contribution in [1.29, 1.82) is 0 Å². The first-order valence-electron chi connectivity index (χ1n) is 5.85. The second-order valence-corrected chi connectivity index (χ2v) is 8.07. The molecule has 8 heteroatoms. The minimum Gasteiger partial charge on any atom is -0.480 e. The van der Waals surface area contributed by atoms with Crippen molar-refractivity contribution in [2.24, 2.45) is 5.92 Å². The minimum absolute atomic E-state index is 0.0951. The number of hydrogen-bond acceptors (Lipinski definition) is 4. The molecule has 0 bridgehead atoms. The Hall–Kier alpha value is -1.31. The third-order valence-corrected chi connectivity index (χ3v) is 5.05. The van der Waals surface area contributed by atoms with Crippen molar-refractivity contribution in [2.75, 3.05) is 12.8 Å². The van der Waals surface area contributed by atoms with E-state index >= 15 is 0 Å². The van der Waals surface area contributed by atoms with Crippen molar-refractivity contribution < 1.29 is 23.1 Å². The molecule has 0 rings (SSSR count). The van der Waals surface area contributed by atoms with Crippen molar-refractivity contribution in [3.63, 3.8) is 0 Å². The zero-order valence-electron chi connectivity index (χ0n) is 11.9. The fourth-order valence-corrected chi connectivity index (χ4v) is 1.46. The number of carbonyl (C=O) groups excluding carboxylic acids is 1. The third kappa shape index (κ3) is 5.46. The van der Waals surface area contributed by atoms with Gasteiger partial charge in [-0.25, -0.2) is 18.0 Å². The summed E-state index contributed by atoms with van der Waals surface area (Å²) in [6, 6.07) is -1.71. The van der Waals surface area contributed by atoms with E-state index in [-0.39, 0.29) is 12.5 Å². The second-order valence-electron chi connectivity index (χ2n) is 5.42. The summed E-state index contributed by atoms with van der Waals surface area (Å²) in [7, 11) is -3.32. The molecule has 0 aliphatic carbocycles. The average molecular weight is 294 g/mol. The normalized spacial score (nSPS) is 14.0. The molecule has 0 fully saturated rings.